The molecular formula is C31H35F3N7O5S+. The third-order valence-electron chi connectivity index (χ3n) is 9.01. The number of rotatable bonds is 7. The van der Waals surface area contributed by atoms with Gasteiger partial charge in [-0.05, 0) is 42.8 Å². The van der Waals surface area contributed by atoms with Gasteiger partial charge in [-0.3, -0.25) is 4.90 Å². The topological polar surface area (TPSA) is 141 Å². The van der Waals surface area contributed by atoms with Crippen LogP contribution in [0.2, 0.25) is 0 Å². The van der Waals surface area contributed by atoms with Gasteiger partial charge in [-0.1, -0.05) is 12.1 Å². The minimum atomic E-state index is -4.65. The molecule has 0 amide bonds. The van der Waals surface area contributed by atoms with Crippen LogP contribution < -0.4 is 10.6 Å². The van der Waals surface area contributed by atoms with Crippen molar-refractivity contribution < 1.29 is 35.6 Å². The van der Waals surface area contributed by atoms with Gasteiger partial charge in [0.15, 0.2) is 0 Å². The number of ether oxygens (including phenoxy) is 1. The predicted molar refractivity (Wildman–Crippen MR) is 166 cm³/mol. The zero-order valence-electron chi connectivity index (χ0n) is 26.5. The highest BCUT2D eigenvalue weighted by Gasteiger charge is 2.42. The van der Waals surface area contributed by atoms with Gasteiger partial charge >= 0.3 is 17.8 Å². The van der Waals surface area contributed by atoms with Crippen LogP contribution in [0.1, 0.15) is 48.1 Å². The number of carbonyl (C=O) groups is 1. The second-order valence-electron chi connectivity index (χ2n) is 12.3. The second-order valence-corrected chi connectivity index (χ2v) is 14.3. The summed E-state index contributed by atoms with van der Waals surface area (Å²) in [6.07, 6.45) is -2.26. The molecule has 1 aromatic heterocycles. The van der Waals surface area contributed by atoms with Crippen LogP contribution in [0.3, 0.4) is 0 Å². The normalized spacial score (nSPS) is 18.2. The number of esters is 1. The van der Waals surface area contributed by atoms with Crippen LogP contribution >= 0.6 is 0 Å². The lowest BCUT2D eigenvalue weighted by atomic mass is 9.89. The van der Waals surface area contributed by atoms with Gasteiger partial charge in [-0.2, -0.15) is 18.4 Å². The number of carbonyl (C=O) groups excluding carboxylic acids is 1. The Labute approximate surface area is 269 Å². The number of benzene rings is 2. The third-order valence-corrected chi connectivity index (χ3v) is 10.3. The van der Waals surface area contributed by atoms with Crippen LogP contribution in [-0.2, 0) is 32.3 Å². The molecule has 0 radical (unpaired) electrons. The molecule has 0 aliphatic carbocycles. The van der Waals surface area contributed by atoms with Crippen molar-refractivity contribution in [3.63, 3.8) is 0 Å². The number of fused-ring (bicyclic) bond motifs is 1. The van der Waals surface area contributed by atoms with E-state index in [1.54, 1.807) is 25.1 Å². The molecule has 47 heavy (non-hydrogen) atoms. The van der Waals surface area contributed by atoms with Crippen molar-refractivity contribution in [1.29, 1.82) is 5.26 Å². The first-order valence-corrected chi connectivity index (χ1v) is 16.6. The molecule has 16 heteroatoms. The first-order chi connectivity index (χ1) is 22.0. The molecule has 3 heterocycles. The van der Waals surface area contributed by atoms with Crippen molar-refractivity contribution in [3.8, 4) is 6.07 Å². The molecule has 1 fully saturated rings. The number of hydrogen-bond acceptors (Lipinski definition) is 8. The zero-order chi connectivity index (χ0) is 34.5. The SMILES string of the molecule is COC(=O)C1=C(C)N(c2cccc(C(F)(F)F)c2)c2n[nH]c(=O)n2C1c1ccc(C#N)cc1C[N+](C)(C)C1CCN(S(C)(=O)=O)CC1. The largest absolute Gasteiger partial charge is 0.466 e. The molecule has 250 valence electrons. The number of hydrogen-bond donors (Lipinski definition) is 1. The summed E-state index contributed by atoms with van der Waals surface area (Å²) in [4.78, 5) is 28.3. The number of halogens is 3. The van der Waals surface area contributed by atoms with Crippen molar-refractivity contribution in [1.82, 2.24) is 19.1 Å². The van der Waals surface area contributed by atoms with Gasteiger partial charge in [0.25, 0.3) is 0 Å². The van der Waals surface area contributed by atoms with E-state index in [2.05, 4.69) is 16.3 Å². The lowest BCUT2D eigenvalue weighted by Crippen LogP contribution is -2.54. The van der Waals surface area contributed by atoms with Gasteiger partial charge in [-0.15, -0.1) is 5.10 Å². The lowest BCUT2D eigenvalue weighted by Gasteiger charge is -2.43. The molecule has 2 aliphatic heterocycles. The molecule has 0 bridgehead atoms. The van der Waals surface area contributed by atoms with Gasteiger partial charge < -0.3 is 9.22 Å². The minimum absolute atomic E-state index is 0.00126. The average molecular weight is 675 g/mol. The molecular weight excluding hydrogens is 639 g/mol. The van der Waals surface area contributed by atoms with Gasteiger partial charge in [0.1, 0.15) is 12.6 Å². The molecule has 1 atom stereocenters. The number of H-pyrrole nitrogens is 1. The van der Waals surface area contributed by atoms with Crippen molar-refractivity contribution in [2.45, 2.75) is 44.6 Å². The Morgan fingerprint density at radius 2 is 1.85 bits per heavy atom. The van der Waals surface area contributed by atoms with Gasteiger partial charge in [0.05, 0.1) is 56.3 Å². The number of quaternary nitrogens is 1. The van der Waals surface area contributed by atoms with Gasteiger partial charge in [0.2, 0.25) is 16.0 Å². The summed E-state index contributed by atoms with van der Waals surface area (Å²) in [5, 5.41) is 16.3. The number of nitrogens with one attached hydrogen (secondary N) is 1. The number of aromatic nitrogens is 3. The number of piperidine rings is 1. The quantitative estimate of drug-likeness (QED) is 0.296. The predicted octanol–water partition coefficient (Wildman–Crippen LogP) is 3.65. The van der Waals surface area contributed by atoms with E-state index in [1.807, 2.05) is 14.1 Å². The summed E-state index contributed by atoms with van der Waals surface area (Å²) in [6, 6.07) is 10.5. The van der Waals surface area contributed by atoms with Crippen molar-refractivity contribution in [2.75, 3.05) is 45.5 Å². The van der Waals surface area contributed by atoms with Gasteiger partial charge in [-0.25, -0.2) is 32.0 Å². The highest BCUT2D eigenvalue weighted by atomic mass is 32.2. The summed E-state index contributed by atoms with van der Waals surface area (Å²) in [7, 11) is 1.84. The fourth-order valence-electron chi connectivity index (χ4n) is 6.60. The van der Waals surface area contributed by atoms with E-state index in [9.17, 15) is 36.4 Å². The molecule has 5 rings (SSSR count). The van der Waals surface area contributed by atoms with E-state index >= 15 is 0 Å². The van der Waals surface area contributed by atoms with Crippen LogP contribution in [0.5, 0.6) is 0 Å². The number of sulfonamides is 1. The number of anilines is 2. The fraction of sp³-hybridized carbons (Fsp3) is 0.419. The summed E-state index contributed by atoms with van der Waals surface area (Å²) in [6.45, 7) is 2.62. The molecule has 1 N–H and O–H groups in total. The molecule has 1 saturated heterocycles. The highest BCUT2D eigenvalue weighted by molar-refractivity contribution is 7.88. The molecule has 2 aromatic carbocycles. The van der Waals surface area contributed by atoms with Crippen LogP contribution in [0.15, 0.2) is 58.5 Å². The van der Waals surface area contributed by atoms with E-state index in [4.69, 9.17) is 4.74 Å². The van der Waals surface area contributed by atoms with E-state index in [0.717, 1.165) is 12.1 Å². The lowest BCUT2D eigenvalue weighted by molar-refractivity contribution is -0.929. The van der Waals surface area contributed by atoms with E-state index < -0.39 is 39.5 Å². The monoisotopic (exact) mass is 674 g/mol. The van der Waals surface area contributed by atoms with Crippen LogP contribution in [0, 0.1) is 11.3 Å². The van der Waals surface area contributed by atoms with E-state index in [0.29, 0.717) is 53.6 Å². The molecule has 12 nitrogen and oxygen atoms in total. The molecule has 1 unspecified atom stereocenters. The number of alkyl halides is 3. The number of allylic oxidation sites excluding steroid dienone is 1. The van der Waals surface area contributed by atoms with Crippen LogP contribution in [0.25, 0.3) is 0 Å². The van der Waals surface area contributed by atoms with E-state index in [-0.39, 0.29) is 28.9 Å². The maximum Gasteiger partial charge on any atom is 0.416 e. The van der Waals surface area contributed by atoms with E-state index in [1.165, 1.54) is 39.3 Å². The van der Waals surface area contributed by atoms with Gasteiger partial charge in [0, 0.05) is 42.9 Å². The molecule has 3 aromatic rings. The maximum atomic E-state index is 13.7. The summed E-state index contributed by atoms with van der Waals surface area (Å²) >= 11 is 0. The zero-order valence-corrected chi connectivity index (χ0v) is 27.3. The minimum Gasteiger partial charge on any atom is -0.466 e. The summed E-state index contributed by atoms with van der Waals surface area (Å²) < 4.78 is 73.5. The third kappa shape index (κ3) is 6.42. The summed E-state index contributed by atoms with van der Waals surface area (Å²) in [5.41, 5.74) is 0.0671. The molecule has 2 aliphatic rings. The highest BCUT2D eigenvalue weighted by Crippen LogP contribution is 2.44. The first-order valence-electron chi connectivity index (χ1n) is 14.7. The number of nitrogens with zero attached hydrogens (tertiary/aromatic N) is 6. The Morgan fingerprint density at radius 3 is 2.45 bits per heavy atom. The Kier molecular flexibility index (Phi) is 8.86. The van der Waals surface area contributed by atoms with Crippen molar-refractivity contribution in [3.05, 3.63) is 86.5 Å². The van der Waals surface area contributed by atoms with Crippen molar-refractivity contribution >= 4 is 27.6 Å². The standard InChI is InChI=1S/C31H34F3N7O5S/c1-19-26(28(42)46-4)27(40-29(36-37-30(40)43)39(19)23-8-6-7-22(16-23)31(32,33)34)25-10-9-20(17-35)15-21(25)18-41(2,3)24-11-13-38(14-12-24)47(5,44)45/h6-10,15-16,24,27H,11-14,18H2,1-5H3/p+1. The van der Waals surface area contributed by atoms with Crippen LogP contribution in [0.4, 0.5) is 24.8 Å². The first kappa shape index (κ1) is 33.9. The van der Waals surface area contributed by atoms with Crippen molar-refractivity contribution in [2.24, 2.45) is 0 Å². The molecule has 0 saturated carbocycles. The maximum absolute atomic E-state index is 13.7. The van der Waals surface area contributed by atoms with Crippen LogP contribution in [-0.4, -0.2) is 84.5 Å². The molecule has 0 spiro atoms. The summed E-state index contributed by atoms with van der Waals surface area (Å²) in [5.74, 6) is -0.845. The Balaban J connectivity index is 1.65. The second kappa shape index (κ2) is 12.3. The Hall–Kier alpha value is -4.46. The Bertz CT molecular complexity index is 1950. The number of aromatic amines is 1. The number of methoxy groups -OCH3 is 1. The number of nitriles is 1. The average Bonchev–Trinajstić information content (AvgIpc) is 3.39. The Morgan fingerprint density at radius 1 is 1.17 bits per heavy atom. The fourth-order valence-corrected chi connectivity index (χ4v) is 7.47. The smallest absolute Gasteiger partial charge is 0.416 e.